The summed E-state index contributed by atoms with van der Waals surface area (Å²) in [5, 5.41) is 6.20. The molecule has 8 nitrogen and oxygen atoms in total. The first-order valence-corrected chi connectivity index (χ1v) is 10.6. The Morgan fingerprint density at radius 3 is 2.45 bits per heavy atom. The van der Waals surface area contributed by atoms with Gasteiger partial charge in [0, 0.05) is 56.8 Å². The van der Waals surface area contributed by atoms with Crippen LogP contribution in [0.4, 0.5) is 0 Å². The second-order valence-electron chi connectivity index (χ2n) is 8.42. The van der Waals surface area contributed by atoms with Crippen LogP contribution in [0.15, 0.2) is 12.4 Å². The Morgan fingerprint density at radius 1 is 1.10 bits per heavy atom. The third kappa shape index (κ3) is 6.21. The van der Waals surface area contributed by atoms with Gasteiger partial charge in [-0.15, -0.1) is 0 Å². The van der Waals surface area contributed by atoms with Crippen molar-refractivity contribution in [1.82, 2.24) is 25.5 Å². The average molecular weight is 404 g/mol. The highest BCUT2D eigenvalue weighted by molar-refractivity contribution is 5.93. The van der Waals surface area contributed by atoms with Crippen LogP contribution >= 0.6 is 0 Å². The molecule has 2 atom stereocenters. The molecule has 0 radical (unpaired) electrons. The number of nitrogens with one attached hydrogen (secondary N) is 2. The van der Waals surface area contributed by atoms with E-state index in [-0.39, 0.29) is 29.8 Å². The van der Waals surface area contributed by atoms with E-state index >= 15 is 0 Å². The number of carbonyl (C=O) groups is 2. The minimum absolute atomic E-state index is 0.0107. The van der Waals surface area contributed by atoms with E-state index in [4.69, 9.17) is 4.74 Å². The van der Waals surface area contributed by atoms with Crippen molar-refractivity contribution in [1.29, 1.82) is 0 Å². The molecule has 0 saturated carbocycles. The number of hydrogen-bond acceptors (Lipinski definition) is 6. The lowest BCUT2D eigenvalue weighted by Gasteiger charge is -2.36. The Morgan fingerprint density at radius 2 is 1.79 bits per heavy atom. The molecule has 8 heteroatoms. The first-order valence-electron chi connectivity index (χ1n) is 10.6. The van der Waals surface area contributed by atoms with Crippen molar-refractivity contribution in [2.45, 2.75) is 64.6 Å². The fourth-order valence-electron chi connectivity index (χ4n) is 4.09. The molecule has 2 aliphatic rings. The molecule has 2 N–H and O–H groups in total. The predicted molar refractivity (Wildman–Crippen MR) is 109 cm³/mol. The van der Waals surface area contributed by atoms with Gasteiger partial charge >= 0.3 is 0 Å². The van der Waals surface area contributed by atoms with E-state index in [0.717, 1.165) is 52.0 Å². The summed E-state index contributed by atoms with van der Waals surface area (Å²) in [4.78, 5) is 36.0. The van der Waals surface area contributed by atoms with Crippen LogP contribution in [0, 0.1) is 12.8 Å². The van der Waals surface area contributed by atoms with Crippen molar-refractivity contribution in [3.8, 4) is 0 Å². The lowest BCUT2D eigenvalue weighted by atomic mass is 10.00. The number of aryl methyl sites for hydroxylation is 1. The second-order valence-corrected chi connectivity index (χ2v) is 8.42. The molecular formula is C21H33N5O3. The summed E-state index contributed by atoms with van der Waals surface area (Å²) >= 11 is 0. The normalized spacial score (nSPS) is 24.1. The van der Waals surface area contributed by atoms with Gasteiger partial charge in [0.15, 0.2) is 0 Å². The SMILES string of the molecule is Cc1ncc(C(=O)N[C@H]2CC[C@@H](C(=O)NC(C)C)CN(C3CCOCC3)C2)cn1. The number of nitrogens with zero attached hydrogens (tertiary/aromatic N) is 3. The van der Waals surface area contributed by atoms with E-state index in [1.807, 2.05) is 13.8 Å². The summed E-state index contributed by atoms with van der Waals surface area (Å²) in [5.74, 6) is 0.522. The predicted octanol–water partition coefficient (Wildman–Crippen LogP) is 1.30. The monoisotopic (exact) mass is 403 g/mol. The van der Waals surface area contributed by atoms with Crippen LogP contribution in [0.25, 0.3) is 0 Å². The summed E-state index contributed by atoms with van der Waals surface area (Å²) in [7, 11) is 0. The molecule has 0 aliphatic carbocycles. The highest BCUT2D eigenvalue weighted by atomic mass is 16.5. The maximum Gasteiger partial charge on any atom is 0.254 e. The maximum atomic E-state index is 12.7. The first kappa shape index (κ1) is 21.6. The lowest BCUT2D eigenvalue weighted by molar-refractivity contribution is -0.126. The van der Waals surface area contributed by atoms with Crippen molar-refractivity contribution in [3.05, 3.63) is 23.8 Å². The average Bonchev–Trinajstić information content (AvgIpc) is 2.91. The number of rotatable bonds is 5. The van der Waals surface area contributed by atoms with E-state index in [2.05, 4.69) is 25.5 Å². The van der Waals surface area contributed by atoms with Crippen LogP contribution < -0.4 is 10.6 Å². The number of ether oxygens (including phenoxy) is 1. The topological polar surface area (TPSA) is 96.5 Å². The Bertz CT molecular complexity index is 688. The largest absolute Gasteiger partial charge is 0.381 e. The van der Waals surface area contributed by atoms with Crippen molar-refractivity contribution in [2.24, 2.45) is 5.92 Å². The summed E-state index contributed by atoms with van der Waals surface area (Å²) in [6, 6.07) is 0.501. The van der Waals surface area contributed by atoms with Crippen molar-refractivity contribution in [2.75, 3.05) is 26.3 Å². The van der Waals surface area contributed by atoms with Crippen LogP contribution in [0.2, 0.25) is 0 Å². The van der Waals surface area contributed by atoms with E-state index in [1.165, 1.54) is 0 Å². The van der Waals surface area contributed by atoms with Gasteiger partial charge in [0.2, 0.25) is 5.91 Å². The first-order chi connectivity index (χ1) is 13.9. The molecule has 1 aromatic rings. The molecule has 0 unspecified atom stereocenters. The minimum Gasteiger partial charge on any atom is -0.381 e. The van der Waals surface area contributed by atoms with Gasteiger partial charge < -0.3 is 15.4 Å². The zero-order valence-electron chi connectivity index (χ0n) is 17.7. The molecule has 2 saturated heterocycles. The molecular weight excluding hydrogens is 370 g/mol. The van der Waals surface area contributed by atoms with Gasteiger partial charge in [-0.3, -0.25) is 14.5 Å². The molecule has 3 rings (SSSR count). The molecule has 2 fully saturated rings. The summed E-state index contributed by atoms with van der Waals surface area (Å²) in [6.45, 7) is 8.73. The molecule has 29 heavy (non-hydrogen) atoms. The van der Waals surface area contributed by atoms with Crippen LogP contribution in [0.3, 0.4) is 0 Å². The number of hydrogen-bond donors (Lipinski definition) is 2. The quantitative estimate of drug-likeness (QED) is 0.769. The Labute approximate surface area is 172 Å². The zero-order chi connectivity index (χ0) is 20.8. The third-order valence-corrected chi connectivity index (χ3v) is 5.66. The lowest BCUT2D eigenvalue weighted by Crippen LogP contribution is -2.49. The maximum absolute atomic E-state index is 12.7. The fourth-order valence-corrected chi connectivity index (χ4v) is 4.09. The minimum atomic E-state index is -0.160. The van der Waals surface area contributed by atoms with Gasteiger partial charge in [-0.25, -0.2) is 9.97 Å². The molecule has 3 heterocycles. The zero-order valence-corrected chi connectivity index (χ0v) is 17.7. The molecule has 1 aromatic heterocycles. The van der Waals surface area contributed by atoms with E-state index in [1.54, 1.807) is 19.3 Å². The molecule has 2 aliphatic heterocycles. The number of likely N-dealkylation sites (tertiary alicyclic amines) is 1. The van der Waals surface area contributed by atoms with Crippen LogP contribution in [-0.4, -0.2) is 71.1 Å². The van der Waals surface area contributed by atoms with E-state index in [9.17, 15) is 9.59 Å². The Kier molecular flexibility index (Phi) is 7.55. The second kappa shape index (κ2) is 10.1. The van der Waals surface area contributed by atoms with Gasteiger partial charge in [-0.1, -0.05) is 0 Å². The molecule has 0 aromatic carbocycles. The number of carbonyl (C=O) groups excluding carboxylic acids is 2. The highest BCUT2D eigenvalue weighted by Crippen LogP contribution is 2.23. The van der Waals surface area contributed by atoms with Crippen molar-refractivity contribution >= 4 is 11.8 Å². The molecule has 0 bridgehead atoms. The Balaban J connectivity index is 1.69. The van der Waals surface area contributed by atoms with Crippen LogP contribution in [0.1, 0.15) is 55.7 Å². The van der Waals surface area contributed by atoms with Gasteiger partial charge in [0.25, 0.3) is 5.91 Å². The van der Waals surface area contributed by atoms with Gasteiger partial charge in [0.1, 0.15) is 5.82 Å². The van der Waals surface area contributed by atoms with E-state index < -0.39 is 0 Å². The third-order valence-electron chi connectivity index (χ3n) is 5.66. The summed E-state index contributed by atoms with van der Waals surface area (Å²) in [5.41, 5.74) is 0.464. The standard InChI is InChI=1S/C21H33N5O3/c1-14(2)24-20(27)16-4-5-18(13-26(12-16)19-6-8-29-9-7-19)25-21(28)17-10-22-15(3)23-11-17/h10-11,14,16,18-19H,4-9,12-13H2,1-3H3,(H,24,27)(H,25,28)/t16-,18+/m1/s1. The summed E-state index contributed by atoms with van der Waals surface area (Å²) < 4.78 is 5.52. The van der Waals surface area contributed by atoms with Crippen LogP contribution in [-0.2, 0) is 9.53 Å². The smallest absolute Gasteiger partial charge is 0.254 e. The fraction of sp³-hybridized carbons (Fsp3) is 0.714. The Hall–Kier alpha value is -2.06. The van der Waals surface area contributed by atoms with Gasteiger partial charge in [-0.2, -0.15) is 0 Å². The van der Waals surface area contributed by atoms with Gasteiger partial charge in [0.05, 0.1) is 11.5 Å². The number of amides is 2. The van der Waals surface area contributed by atoms with Crippen molar-refractivity contribution < 1.29 is 14.3 Å². The van der Waals surface area contributed by atoms with Gasteiger partial charge in [-0.05, 0) is 46.5 Å². The molecule has 0 spiro atoms. The number of aromatic nitrogens is 2. The van der Waals surface area contributed by atoms with Crippen molar-refractivity contribution in [3.63, 3.8) is 0 Å². The highest BCUT2D eigenvalue weighted by Gasteiger charge is 2.33. The molecule has 2 amide bonds. The van der Waals surface area contributed by atoms with E-state index in [0.29, 0.717) is 17.4 Å². The van der Waals surface area contributed by atoms with Crippen LogP contribution in [0.5, 0.6) is 0 Å². The molecule has 160 valence electrons. The summed E-state index contributed by atoms with van der Waals surface area (Å²) in [6.07, 6.45) is 6.57.